The van der Waals surface area contributed by atoms with Gasteiger partial charge in [-0.15, -0.1) is 0 Å². The largest absolute Gasteiger partial charge is 0.393 e. The van der Waals surface area contributed by atoms with E-state index in [1.54, 1.807) is 0 Å². The summed E-state index contributed by atoms with van der Waals surface area (Å²) in [5, 5.41) is 9.43. The second kappa shape index (κ2) is 4.26. The number of ketones is 1. The van der Waals surface area contributed by atoms with Crippen LogP contribution in [0, 0.1) is 5.41 Å². The van der Waals surface area contributed by atoms with Crippen LogP contribution in [0.4, 0.5) is 0 Å². The zero-order chi connectivity index (χ0) is 10.8. The molecule has 1 atom stereocenters. The van der Waals surface area contributed by atoms with Crippen LogP contribution in [-0.4, -0.2) is 17.0 Å². The van der Waals surface area contributed by atoms with Gasteiger partial charge in [-0.2, -0.15) is 0 Å². The minimum Gasteiger partial charge on any atom is -0.393 e. The first-order chi connectivity index (χ1) is 6.38. The van der Waals surface area contributed by atoms with Gasteiger partial charge in [0.15, 0.2) is 5.78 Å². The van der Waals surface area contributed by atoms with Gasteiger partial charge in [-0.05, 0) is 23.8 Å². The normalized spacial score (nSPS) is 23.1. The van der Waals surface area contributed by atoms with Gasteiger partial charge in [0.1, 0.15) is 0 Å². The van der Waals surface area contributed by atoms with Gasteiger partial charge in [0.25, 0.3) is 0 Å². The first-order valence-electron chi connectivity index (χ1n) is 5.29. The summed E-state index contributed by atoms with van der Waals surface area (Å²) in [7, 11) is 0. The minimum atomic E-state index is -0.307. The first kappa shape index (κ1) is 11.4. The number of carbonyl (C=O) groups excluding carboxylic acids is 1. The molecule has 0 amide bonds. The molecule has 0 spiro atoms. The molecule has 80 valence electrons. The fraction of sp³-hybridized carbons (Fsp3) is 0.750. The highest BCUT2D eigenvalue weighted by molar-refractivity contribution is 5.95. The fourth-order valence-corrected chi connectivity index (χ4v) is 1.71. The molecule has 1 aliphatic carbocycles. The summed E-state index contributed by atoms with van der Waals surface area (Å²) in [6, 6.07) is 0. The number of aliphatic hydroxyl groups is 1. The molecule has 2 nitrogen and oxygen atoms in total. The van der Waals surface area contributed by atoms with Gasteiger partial charge in [0, 0.05) is 12.8 Å². The van der Waals surface area contributed by atoms with Crippen molar-refractivity contribution in [3.05, 3.63) is 11.6 Å². The van der Waals surface area contributed by atoms with Crippen LogP contribution in [0.25, 0.3) is 0 Å². The van der Waals surface area contributed by atoms with Crippen molar-refractivity contribution in [1.29, 1.82) is 0 Å². The fourth-order valence-electron chi connectivity index (χ4n) is 1.71. The summed E-state index contributed by atoms with van der Waals surface area (Å²) in [5.41, 5.74) is 0.874. The van der Waals surface area contributed by atoms with Gasteiger partial charge in [-0.25, -0.2) is 0 Å². The third-order valence-electron chi connectivity index (χ3n) is 2.40. The molecular formula is C12H20O2. The third kappa shape index (κ3) is 3.62. The number of hydrogen-bond donors (Lipinski definition) is 1. The number of carbonyl (C=O) groups is 1. The average Bonchev–Trinajstić information content (AvgIpc) is 2.01. The lowest BCUT2D eigenvalue weighted by atomic mass is 9.84. The van der Waals surface area contributed by atoms with E-state index in [0.29, 0.717) is 12.8 Å². The van der Waals surface area contributed by atoms with E-state index in [9.17, 15) is 9.90 Å². The number of allylic oxidation sites excluding steroid dienone is 1. The van der Waals surface area contributed by atoms with Gasteiger partial charge < -0.3 is 5.11 Å². The summed E-state index contributed by atoms with van der Waals surface area (Å²) in [4.78, 5) is 11.8. The van der Waals surface area contributed by atoms with E-state index in [-0.39, 0.29) is 17.3 Å². The lowest BCUT2D eigenvalue weighted by Gasteiger charge is -2.21. The van der Waals surface area contributed by atoms with E-state index in [1.165, 1.54) is 0 Å². The maximum atomic E-state index is 11.8. The van der Waals surface area contributed by atoms with E-state index in [1.807, 2.05) is 6.08 Å². The predicted octanol–water partition coefficient (Wildman–Crippen LogP) is 2.46. The molecule has 1 N–H and O–H groups in total. The van der Waals surface area contributed by atoms with E-state index >= 15 is 0 Å². The molecule has 0 bridgehead atoms. The zero-order valence-corrected chi connectivity index (χ0v) is 9.34. The molecule has 2 heteroatoms. The Bertz CT molecular complexity index is 246. The van der Waals surface area contributed by atoms with Crippen molar-refractivity contribution < 1.29 is 9.90 Å². The van der Waals surface area contributed by atoms with Gasteiger partial charge in [0.05, 0.1) is 6.10 Å². The molecular weight excluding hydrogens is 176 g/mol. The predicted molar refractivity (Wildman–Crippen MR) is 57.0 cm³/mol. The van der Waals surface area contributed by atoms with E-state index in [4.69, 9.17) is 0 Å². The minimum absolute atomic E-state index is 0.0420. The average molecular weight is 196 g/mol. The first-order valence-corrected chi connectivity index (χ1v) is 5.29. The Kier molecular flexibility index (Phi) is 3.48. The second-order valence-corrected chi connectivity index (χ2v) is 5.33. The summed E-state index contributed by atoms with van der Waals surface area (Å²) < 4.78 is 0. The lowest BCUT2D eigenvalue weighted by Crippen LogP contribution is -2.20. The van der Waals surface area contributed by atoms with Crippen LogP contribution in [0.15, 0.2) is 11.6 Å². The SMILES string of the molecule is CC(C)(C)CC(=O)C1=CCCC(O)C1. The lowest BCUT2D eigenvalue weighted by molar-refractivity contribution is -0.117. The standard InChI is InChI=1S/C12H20O2/c1-12(2,3)8-11(14)9-5-4-6-10(13)7-9/h5,10,13H,4,6-8H2,1-3H3. The number of Topliss-reactive ketones (excluding diaryl/α,β-unsaturated/α-hetero) is 1. The Labute approximate surface area is 86.0 Å². The van der Waals surface area contributed by atoms with Crippen LogP contribution in [0.3, 0.4) is 0 Å². The van der Waals surface area contributed by atoms with Crippen LogP contribution in [-0.2, 0) is 4.79 Å². The zero-order valence-electron chi connectivity index (χ0n) is 9.34. The summed E-state index contributed by atoms with van der Waals surface area (Å²) in [5.74, 6) is 0.205. The molecule has 1 unspecified atom stereocenters. The Morgan fingerprint density at radius 3 is 2.71 bits per heavy atom. The molecule has 0 saturated carbocycles. The molecule has 1 aliphatic rings. The molecule has 1 rings (SSSR count). The van der Waals surface area contributed by atoms with Crippen molar-refractivity contribution >= 4 is 5.78 Å². The number of hydrogen-bond acceptors (Lipinski definition) is 2. The molecule has 0 saturated heterocycles. The Balaban J connectivity index is 2.57. The summed E-state index contributed by atoms with van der Waals surface area (Å²) >= 11 is 0. The topological polar surface area (TPSA) is 37.3 Å². The monoisotopic (exact) mass is 196 g/mol. The van der Waals surface area contributed by atoms with E-state index < -0.39 is 0 Å². The van der Waals surface area contributed by atoms with Crippen LogP contribution in [0.2, 0.25) is 0 Å². The number of aliphatic hydroxyl groups excluding tert-OH is 1. The molecule has 0 aromatic rings. The van der Waals surface area contributed by atoms with E-state index in [0.717, 1.165) is 18.4 Å². The van der Waals surface area contributed by atoms with Crippen molar-refractivity contribution in [2.75, 3.05) is 0 Å². The van der Waals surface area contributed by atoms with Gasteiger partial charge in [0.2, 0.25) is 0 Å². The quantitative estimate of drug-likeness (QED) is 0.736. The highest BCUT2D eigenvalue weighted by atomic mass is 16.3. The van der Waals surface area contributed by atoms with Crippen LogP contribution in [0.5, 0.6) is 0 Å². The Morgan fingerprint density at radius 1 is 1.57 bits per heavy atom. The highest BCUT2D eigenvalue weighted by Crippen LogP contribution is 2.25. The van der Waals surface area contributed by atoms with Gasteiger partial charge in [-0.1, -0.05) is 26.8 Å². The third-order valence-corrected chi connectivity index (χ3v) is 2.40. The second-order valence-electron chi connectivity index (χ2n) is 5.33. The Morgan fingerprint density at radius 2 is 2.21 bits per heavy atom. The van der Waals surface area contributed by atoms with Gasteiger partial charge >= 0.3 is 0 Å². The maximum absolute atomic E-state index is 11.8. The smallest absolute Gasteiger partial charge is 0.159 e. The van der Waals surface area contributed by atoms with Crippen LogP contribution >= 0.6 is 0 Å². The molecule has 0 aromatic heterocycles. The highest BCUT2D eigenvalue weighted by Gasteiger charge is 2.22. The van der Waals surface area contributed by atoms with Gasteiger partial charge in [-0.3, -0.25) is 4.79 Å². The maximum Gasteiger partial charge on any atom is 0.159 e. The van der Waals surface area contributed by atoms with Crippen molar-refractivity contribution in [1.82, 2.24) is 0 Å². The van der Waals surface area contributed by atoms with Crippen molar-refractivity contribution in [3.8, 4) is 0 Å². The molecule has 0 aliphatic heterocycles. The van der Waals surface area contributed by atoms with E-state index in [2.05, 4.69) is 20.8 Å². The summed E-state index contributed by atoms with van der Waals surface area (Å²) in [6.07, 6.45) is 4.44. The van der Waals surface area contributed by atoms with Crippen molar-refractivity contribution in [2.24, 2.45) is 5.41 Å². The summed E-state index contributed by atoms with van der Waals surface area (Å²) in [6.45, 7) is 6.18. The Hall–Kier alpha value is -0.630. The van der Waals surface area contributed by atoms with Crippen LogP contribution < -0.4 is 0 Å². The molecule has 0 heterocycles. The van der Waals surface area contributed by atoms with Crippen LogP contribution in [0.1, 0.15) is 46.5 Å². The number of rotatable bonds is 2. The molecule has 0 aromatic carbocycles. The van der Waals surface area contributed by atoms with Crippen molar-refractivity contribution in [2.45, 2.75) is 52.6 Å². The van der Waals surface area contributed by atoms with Crippen molar-refractivity contribution in [3.63, 3.8) is 0 Å². The molecule has 0 fully saturated rings. The molecule has 14 heavy (non-hydrogen) atoms. The molecule has 0 radical (unpaired) electrons.